The Kier molecular flexibility index (Phi) is 5.54. The summed E-state index contributed by atoms with van der Waals surface area (Å²) < 4.78 is 5.11. The molecule has 2 atom stereocenters. The van der Waals surface area contributed by atoms with Crippen LogP contribution in [0.25, 0.3) is 0 Å². The summed E-state index contributed by atoms with van der Waals surface area (Å²) in [6, 6.07) is 11.0. The number of aryl methyl sites for hydroxylation is 1. The van der Waals surface area contributed by atoms with Crippen LogP contribution in [0.5, 0.6) is 5.75 Å². The summed E-state index contributed by atoms with van der Waals surface area (Å²) >= 11 is 1.12. The van der Waals surface area contributed by atoms with E-state index in [1.807, 2.05) is 0 Å². The number of anilines is 1. The summed E-state index contributed by atoms with van der Waals surface area (Å²) in [5, 5.41) is 17.9. The summed E-state index contributed by atoms with van der Waals surface area (Å²) in [5.41, 5.74) is 0.731. The fourth-order valence-corrected chi connectivity index (χ4v) is 4.34. The molecule has 4 rings (SSSR count). The Bertz CT molecular complexity index is 1220. The van der Waals surface area contributed by atoms with E-state index in [-0.39, 0.29) is 16.3 Å². The highest BCUT2D eigenvalue weighted by molar-refractivity contribution is 7.15. The minimum Gasteiger partial charge on any atom is -0.497 e. The molecule has 2 heterocycles. The molecule has 2 unspecified atom stereocenters. The number of ether oxygens (including phenoxy) is 1. The number of carbonyl (C=O) groups is 4. The molecule has 1 amide bonds. The van der Waals surface area contributed by atoms with Gasteiger partial charge < -0.3 is 9.84 Å². The van der Waals surface area contributed by atoms with Crippen LogP contribution in [0, 0.1) is 12.8 Å². The molecular weight excluding hydrogens is 434 g/mol. The number of aromatic carboxylic acids is 1. The van der Waals surface area contributed by atoms with E-state index in [1.54, 1.807) is 19.1 Å². The molecule has 0 bridgehead atoms. The van der Waals surface area contributed by atoms with Gasteiger partial charge in [0, 0.05) is 5.56 Å². The van der Waals surface area contributed by atoms with Gasteiger partial charge >= 0.3 is 5.97 Å². The summed E-state index contributed by atoms with van der Waals surface area (Å²) in [4.78, 5) is 51.8. The minimum absolute atomic E-state index is 0.0424. The van der Waals surface area contributed by atoms with E-state index in [1.165, 1.54) is 48.4 Å². The quantitative estimate of drug-likeness (QED) is 0.344. The molecule has 0 spiro atoms. The highest BCUT2D eigenvalue weighted by Gasteiger charge is 2.53. The lowest BCUT2D eigenvalue weighted by Gasteiger charge is -2.25. The second-order valence-electron chi connectivity index (χ2n) is 7.09. The molecule has 2 aromatic carbocycles. The van der Waals surface area contributed by atoms with Crippen molar-refractivity contribution in [2.75, 3.05) is 12.0 Å². The van der Waals surface area contributed by atoms with Gasteiger partial charge in [0.1, 0.15) is 16.7 Å². The number of ketones is 2. The summed E-state index contributed by atoms with van der Waals surface area (Å²) in [6.45, 7) is 1.71. The van der Waals surface area contributed by atoms with Gasteiger partial charge in [-0.2, -0.15) is 0 Å². The first-order valence-corrected chi connectivity index (χ1v) is 10.3. The number of benzene rings is 2. The molecular formula is C22H17N3O6S. The van der Waals surface area contributed by atoms with Crippen LogP contribution in [0.1, 0.15) is 37.3 Å². The predicted octanol–water partition coefficient (Wildman–Crippen LogP) is 2.71. The molecule has 0 saturated carbocycles. The van der Waals surface area contributed by atoms with Gasteiger partial charge in [-0.3, -0.25) is 19.3 Å². The average molecular weight is 451 g/mol. The third kappa shape index (κ3) is 3.65. The lowest BCUT2D eigenvalue weighted by Crippen LogP contribution is -2.30. The molecule has 1 aliphatic heterocycles. The SMILES string of the molecule is COc1ccc(C(=O)C2C(=O)C(=O)N(c3nnc(C)s3)C2c2ccc(C(=O)O)cc2)cc1. The van der Waals surface area contributed by atoms with Crippen molar-refractivity contribution in [3.8, 4) is 5.75 Å². The van der Waals surface area contributed by atoms with Crippen molar-refractivity contribution in [1.29, 1.82) is 0 Å². The molecule has 9 nitrogen and oxygen atoms in total. The summed E-state index contributed by atoms with van der Waals surface area (Å²) in [6.07, 6.45) is 0. The van der Waals surface area contributed by atoms with Gasteiger partial charge in [-0.15, -0.1) is 10.2 Å². The number of amides is 1. The van der Waals surface area contributed by atoms with Gasteiger partial charge in [-0.25, -0.2) is 4.79 Å². The molecule has 1 aliphatic rings. The van der Waals surface area contributed by atoms with Gasteiger partial charge in [0.15, 0.2) is 5.78 Å². The van der Waals surface area contributed by atoms with E-state index < -0.39 is 35.4 Å². The number of carboxylic acid groups (broad SMARTS) is 1. The lowest BCUT2D eigenvalue weighted by atomic mass is 9.86. The van der Waals surface area contributed by atoms with Crippen molar-refractivity contribution in [1.82, 2.24) is 10.2 Å². The molecule has 1 aromatic heterocycles. The molecule has 0 aliphatic carbocycles. The average Bonchev–Trinajstić information content (AvgIpc) is 3.34. The molecule has 10 heteroatoms. The van der Waals surface area contributed by atoms with Crippen LogP contribution in [-0.4, -0.2) is 45.9 Å². The Morgan fingerprint density at radius 1 is 1.00 bits per heavy atom. The number of hydrogen-bond acceptors (Lipinski definition) is 8. The fourth-order valence-electron chi connectivity index (χ4n) is 3.62. The van der Waals surface area contributed by atoms with E-state index in [9.17, 15) is 24.3 Å². The topological polar surface area (TPSA) is 127 Å². The van der Waals surface area contributed by atoms with Gasteiger partial charge in [-0.1, -0.05) is 23.5 Å². The molecule has 3 aromatic rings. The number of methoxy groups -OCH3 is 1. The molecule has 1 saturated heterocycles. The van der Waals surface area contributed by atoms with Crippen LogP contribution >= 0.6 is 11.3 Å². The number of hydrogen-bond donors (Lipinski definition) is 1. The highest BCUT2D eigenvalue weighted by Crippen LogP contribution is 2.42. The number of carboxylic acids is 1. The summed E-state index contributed by atoms with van der Waals surface area (Å²) in [5.74, 6) is -4.14. The first kappa shape index (κ1) is 21.3. The number of carbonyl (C=O) groups excluding carboxylic acids is 3. The van der Waals surface area contributed by atoms with Crippen LogP contribution in [0.4, 0.5) is 5.13 Å². The number of rotatable bonds is 6. The maximum atomic E-state index is 13.4. The van der Waals surface area contributed by atoms with Crippen LogP contribution in [0.3, 0.4) is 0 Å². The second kappa shape index (κ2) is 8.31. The molecule has 32 heavy (non-hydrogen) atoms. The molecule has 162 valence electrons. The van der Waals surface area contributed by atoms with Gasteiger partial charge in [0.25, 0.3) is 5.91 Å². The number of Topliss-reactive ketones (excluding diaryl/α,β-unsaturated/α-hetero) is 2. The normalized spacial score (nSPS) is 18.1. The Labute approximate surface area is 186 Å². The van der Waals surface area contributed by atoms with Gasteiger partial charge in [-0.05, 0) is 48.9 Å². The Morgan fingerprint density at radius 3 is 2.16 bits per heavy atom. The largest absolute Gasteiger partial charge is 0.497 e. The van der Waals surface area contributed by atoms with Gasteiger partial charge in [0.2, 0.25) is 10.9 Å². The van der Waals surface area contributed by atoms with E-state index in [0.29, 0.717) is 16.3 Å². The second-order valence-corrected chi connectivity index (χ2v) is 8.25. The fraction of sp³-hybridized carbons (Fsp3) is 0.182. The maximum absolute atomic E-state index is 13.4. The smallest absolute Gasteiger partial charge is 0.335 e. The van der Waals surface area contributed by atoms with Crippen molar-refractivity contribution in [3.05, 3.63) is 70.2 Å². The monoisotopic (exact) mass is 451 g/mol. The Hall–Kier alpha value is -3.92. The van der Waals surface area contributed by atoms with E-state index >= 15 is 0 Å². The zero-order chi connectivity index (χ0) is 23.0. The highest BCUT2D eigenvalue weighted by atomic mass is 32.1. The van der Waals surface area contributed by atoms with Crippen molar-refractivity contribution < 1.29 is 29.0 Å². The first-order chi connectivity index (χ1) is 15.3. The number of aromatic nitrogens is 2. The van der Waals surface area contributed by atoms with Crippen LogP contribution in [-0.2, 0) is 9.59 Å². The van der Waals surface area contributed by atoms with Crippen LogP contribution < -0.4 is 9.64 Å². The van der Waals surface area contributed by atoms with Crippen molar-refractivity contribution in [2.45, 2.75) is 13.0 Å². The van der Waals surface area contributed by atoms with E-state index in [0.717, 1.165) is 11.3 Å². The van der Waals surface area contributed by atoms with Crippen molar-refractivity contribution in [2.24, 2.45) is 5.92 Å². The maximum Gasteiger partial charge on any atom is 0.335 e. The molecule has 1 fully saturated rings. The third-order valence-corrected chi connectivity index (χ3v) is 6.02. The van der Waals surface area contributed by atoms with Gasteiger partial charge in [0.05, 0.1) is 18.7 Å². The summed E-state index contributed by atoms with van der Waals surface area (Å²) in [7, 11) is 1.49. The molecule has 1 N–H and O–H groups in total. The Balaban J connectivity index is 1.82. The van der Waals surface area contributed by atoms with E-state index in [2.05, 4.69) is 10.2 Å². The van der Waals surface area contributed by atoms with E-state index in [4.69, 9.17) is 4.74 Å². The van der Waals surface area contributed by atoms with Crippen LogP contribution in [0.15, 0.2) is 48.5 Å². The standard InChI is InChI=1S/C22H17N3O6S/c1-11-23-24-22(32-11)25-17(12-3-5-14(6-4-12)21(29)30)16(19(27)20(25)28)18(26)13-7-9-15(31-2)10-8-13/h3-10,16-17H,1-2H3,(H,29,30). The molecule has 0 radical (unpaired) electrons. The zero-order valence-corrected chi connectivity index (χ0v) is 17.8. The lowest BCUT2D eigenvalue weighted by molar-refractivity contribution is -0.135. The Morgan fingerprint density at radius 2 is 1.62 bits per heavy atom. The first-order valence-electron chi connectivity index (χ1n) is 9.51. The zero-order valence-electron chi connectivity index (χ0n) is 17.0. The predicted molar refractivity (Wildman–Crippen MR) is 114 cm³/mol. The number of nitrogens with zero attached hydrogens (tertiary/aromatic N) is 3. The van der Waals surface area contributed by atoms with Crippen molar-refractivity contribution in [3.63, 3.8) is 0 Å². The third-order valence-electron chi connectivity index (χ3n) is 5.18. The van der Waals surface area contributed by atoms with Crippen LogP contribution in [0.2, 0.25) is 0 Å². The minimum atomic E-state index is -1.32. The van der Waals surface area contributed by atoms with Crippen molar-refractivity contribution >= 4 is 39.9 Å².